The van der Waals surface area contributed by atoms with Crippen molar-refractivity contribution in [2.75, 3.05) is 38.7 Å². The van der Waals surface area contributed by atoms with Gasteiger partial charge in [0.2, 0.25) is 0 Å². The minimum atomic E-state index is -0.336. The van der Waals surface area contributed by atoms with Crippen molar-refractivity contribution in [1.29, 1.82) is 0 Å². The maximum absolute atomic E-state index is 13.2. The summed E-state index contributed by atoms with van der Waals surface area (Å²) >= 11 is 5.33. The number of morpholine rings is 1. The number of thioether (sulfide) groups is 1. The first-order valence-corrected chi connectivity index (χ1v) is 13.6. The topological polar surface area (TPSA) is 63.9 Å². The number of aryl methyl sites for hydroxylation is 2. The number of hydrogen-bond donors (Lipinski definition) is 1. The number of esters is 1. The lowest BCUT2D eigenvalue weighted by Crippen LogP contribution is -2.35. The number of rotatable bonds is 9. The Bertz CT molecular complexity index is 1140. The molecule has 3 aromatic rings. The molecule has 0 spiro atoms. The van der Waals surface area contributed by atoms with E-state index in [1.165, 1.54) is 5.56 Å². The van der Waals surface area contributed by atoms with Gasteiger partial charge in [0.25, 0.3) is 0 Å². The van der Waals surface area contributed by atoms with Gasteiger partial charge in [-0.05, 0) is 46.7 Å². The Balaban J connectivity index is 1.70. The minimum absolute atomic E-state index is 0.179. The van der Waals surface area contributed by atoms with Crippen molar-refractivity contribution >= 4 is 44.6 Å². The molecule has 182 valence electrons. The van der Waals surface area contributed by atoms with Gasteiger partial charge in [-0.3, -0.25) is 4.90 Å². The maximum atomic E-state index is 13.2. The van der Waals surface area contributed by atoms with E-state index in [1.807, 2.05) is 26.1 Å². The molecule has 2 aromatic carbocycles. The molecule has 0 bridgehead atoms. The molecule has 0 aliphatic carbocycles. The number of phenols is 1. The molecule has 1 saturated heterocycles. The van der Waals surface area contributed by atoms with Crippen molar-refractivity contribution in [3.63, 3.8) is 0 Å². The number of nitrogens with zero attached hydrogens (tertiary/aromatic N) is 2. The van der Waals surface area contributed by atoms with E-state index in [9.17, 15) is 9.90 Å². The second-order valence-electron chi connectivity index (χ2n) is 8.36. The highest BCUT2D eigenvalue weighted by Gasteiger charge is 2.28. The number of benzene rings is 2. The quantitative estimate of drug-likeness (QED) is 0.296. The molecule has 6 nitrogen and oxygen atoms in total. The molecule has 0 radical (unpaired) electrons. The molecule has 1 aromatic heterocycles. The Labute approximate surface area is 213 Å². The molecule has 1 aliphatic heterocycles. The highest BCUT2D eigenvalue weighted by Crippen LogP contribution is 2.40. The van der Waals surface area contributed by atoms with Crippen molar-refractivity contribution in [1.82, 2.24) is 9.47 Å². The van der Waals surface area contributed by atoms with E-state index >= 15 is 0 Å². The van der Waals surface area contributed by atoms with Crippen molar-refractivity contribution in [3.05, 3.63) is 63.3 Å². The predicted molar refractivity (Wildman–Crippen MR) is 141 cm³/mol. The van der Waals surface area contributed by atoms with E-state index in [4.69, 9.17) is 9.47 Å². The van der Waals surface area contributed by atoms with Crippen molar-refractivity contribution in [2.45, 2.75) is 25.6 Å². The fraction of sp³-hybridized carbons (Fsp3) is 0.423. The van der Waals surface area contributed by atoms with E-state index in [0.717, 1.165) is 47.4 Å². The molecule has 0 saturated carbocycles. The highest BCUT2D eigenvalue weighted by atomic mass is 79.9. The van der Waals surface area contributed by atoms with Crippen molar-refractivity contribution < 1.29 is 19.4 Å². The highest BCUT2D eigenvalue weighted by molar-refractivity contribution is 9.10. The van der Waals surface area contributed by atoms with Crippen molar-refractivity contribution in [2.24, 2.45) is 7.05 Å². The number of carbonyl (C=O) groups excluding carboxylic acids is 1. The van der Waals surface area contributed by atoms with Crippen LogP contribution in [0.5, 0.6) is 5.75 Å². The smallest absolute Gasteiger partial charge is 0.340 e. The summed E-state index contributed by atoms with van der Waals surface area (Å²) in [6.45, 7) is 5.58. The summed E-state index contributed by atoms with van der Waals surface area (Å²) in [6.07, 6.45) is 0.971. The molecular formula is C26H31BrN2O4S. The second kappa shape index (κ2) is 11.6. The van der Waals surface area contributed by atoms with Crippen LogP contribution in [0.25, 0.3) is 10.9 Å². The van der Waals surface area contributed by atoms with Crippen molar-refractivity contribution in [3.8, 4) is 5.75 Å². The van der Waals surface area contributed by atoms with Gasteiger partial charge < -0.3 is 19.1 Å². The SMILES string of the molecule is CCOC(=O)c1c(CSCCc2ccccc2)n(C)c2cc(Br)c(O)c(CN3CCOCC3)c12. The van der Waals surface area contributed by atoms with Crippen LogP contribution in [0.2, 0.25) is 0 Å². The summed E-state index contributed by atoms with van der Waals surface area (Å²) in [6, 6.07) is 12.3. The Kier molecular flexibility index (Phi) is 8.58. The third-order valence-corrected chi connectivity index (χ3v) is 7.79. The van der Waals surface area contributed by atoms with Crippen LogP contribution < -0.4 is 0 Å². The molecule has 8 heteroatoms. The number of hydrogen-bond acceptors (Lipinski definition) is 6. The zero-order chi connectivity index (χ0) is 24.1. The van der Waals surface area contributed by atoms with Crippen LogP contribution in [0.3, 0.4) is 0 Å². The first-order valence-electron chi connectivity index (χ1n) is 11.6. The second-order valence-corrected chi connectivity index (χ2v) is 10.3. The molecular weight excluding hydrogens is 516 g/mol. The fourth-order valence-electron chi connectivity index (χ4n) is 4.41. The van der Waals surface area contributed by atoms with Gasteiger partial charge in [0.15, 0.2) is 0 Å². The summed E-state index contributed by atoms with van der Waals surface area (Å²) in [5, 5.41) is 11.8. The summed E-state index contributed by atoms with van der Waals surface area (Å²) in [5.74, 6) is 1.47. The molecule has 1 fully saturated rings. The normalized spacial score (nSPS) is 14.6. The summed E-state index contributed by atoms with van der Waals surface area (Å²) in [7, 11) is 1.99. The van der Waals surface area contributed by atoms with Gasteiger partial charge in [0, 0.05) is 49.1 Å². The van der Waals surface area contributed by atoms with Gasteiger partial charge in [0.1, 0.15) is 5.75 Å². The monoisotopic (exact) mass is 546 g/mol. The number of fused-ring (bicyclic) bond motifs is 1. The average Bonchev–Trinajstić information content (AvgIpc) is 3.12. The number of carbonyl (C=O) groups is 1. The zero-order valence-electron chi connectivity index (χ0n) is 19.7. The molecule has 0 atom stereocenters. The summed E-state index contributed by atoms with van der Waals surface area (Å²) in [5.41, 5.74) is 4.46. The maximum Gasteiger partial charge on any atom is 0.340 e. The third-order valence-electron chi connectivity index (χ3n) is 6.22. The number of ether oxygens (including phenoxy) is 2. The van der Waals surface area contributed by atoms with E-state index in [2.05, 4.69) is 49.7 Å². The number of aromatic hydroxyl groups is 1. The first-order chi connectivity index (χ1) is 16.5. The Morgan fingerprint density at radius 1 is 1.24 bits per heavy atom. The van der Waals surface area contributed by atoms with Gasteiger partial charge in [-0.25, -0.2) is 4.79 Å². The largest absolute Gasteiger partial charge is 0.506 e. The van der Waals surface area contributed by atoms with E-state index in [1.54, 1.807) is 11.8 Å². The molecule has 1 aliphatic rings. The van der Waals surface area contributed by atoms with Crippen LogP contribution in [0.4, 0.5) is 0 Å². The number of aromatic nitrogens is 1. The van der Waals surface area contributed by atoms with Gasteiger partial charge in [-0.2, -0.15) is 11.8 Å². The van der Waals surface area contributed by atoms with Gasteiger partial charge in [-0.15, -0.1) is 0 Å². The number of halogens is 1. The fourth-order valence-corrected chi connectivity index (χ4v) is 5.92. The van der Waals surface area contributed by atoms with Crippen LogP contribution in [-0.4, -0.2) is 59.2 Å². The van der Waals surface area contributed by atoms with E-state index in [0.29, 0.717) is 42.2 Å². The van der Waals surface area contributed by atoms with Crippen LogP contribution >= 0.6 is 27.7 Å². The van der Waals surface area contributed by atoms with E-state index < -0.39 is 0 Å². The molecule has 0 unspecified atom stereocenters. The Morgan fingerprint density at radius 3 is 2.68 bits per heavy atom. The molecule has 0 amide bonds. The minimum Gasteiger partial charge on any atom is -0.506 e. The molecule has 2 heterocycles. The van der Waals surface area contributed by atoms with Crippen LogP contribution in [-0.2, 0) is 35.2 Å². The van der Waals surface area contributed by atoms with Gasteiger partial charge in [-0.1, -0.05) is 30.3 Å². The average molecular weight is 548 g/mol. The lowest BCUT2D eigenvalue weighted by atomic mass is 10.0. The number of phenolic OH excluding ortho intramolecular Hbond substituents is 1. The van der Waals surface area contributed by atoms with Gasteiger partial charge in [0.05, 0.1) is 35.4 Å². The van der Waals surface area contributed by atoms with Crippen LogP contribution in [0.1, 0.15) is 34.1 Å². The Morgan fingerprint density at radius 2 is 1.97 bits per heavy atom. The standard InChI is InChI=1S/C26H31BrN2O4S/c1-3-33-26(31)24-22(17-34-14-9-18-7-5-4-6-8-18)28(2)21-15-20(27)25(30)19(23(21)24)16-29-10-12-32-13-11-29/h4-8,15,30H,3,9-14,16-17H2,1-2H3. The molecule has 34 heavy (non-hydrogen) atoms. The summed E-state index contributed by atoms with van der Waals surface area (Å²) < 4.78 is 13.7. The lowest BCUT2D eigenvalue weighted by molar-refractivity contribution is 0.0340. The molecule has 1 N–H and O–H groups in total. The summed E-state index contributed by atoms with van der Waals surface area (Å²) in [4.78, 5) is 15.5. The van der Waals surface area contributed by atoms with Crippen LogP contribution in [0, 0.1) is 0 Å². The van der Waals surface area contributed by atoms with Gasteiger partial charge >= 0.3 is 5.97 Å². The first kappa shape index (κ1) is 25.1. The van der Waals surface area contributed by atoms with E-state index in [-0.39, 0.29) is 11.7 Å². The Hall–Kier alpha value is -2.00. The molecule has 4 rings (SSSR count). The predicted octanol–water partition coefficient (Wildman–Crippen LogP) is 5.13. The zero-order valence-corrected chi connectivity index (χ0v) is 22.1. The van der Waals surface area contributed by atoms with Crippen LogP contribution in [0.15, 0.2) is 40.9 Å². The lowest BCUT2D eigenvalue weighted by Gasteiger charge is -2.27. The third kappa shape index (κ3) is 5.46.